The van der Waals surface area contributed by atoms with Gasteiger partial charge in [-0.3, -0.25) is 14.4 Å². The highest BCUT2D eigenvalue weighted by Crippen LogP contribution is 2.35. The number of likely N-dealkylation sites (tertiary alicyclic amines) is 1. The van der Waals surface area contributed by atoms with E-state index in [2.05, 4.69) is 32.9 Å². The van der Waals surface area contributed by atoms with Gasteiger partial charge in [0, 0.05) is 34.2 Å². The average Bonchev–Trinajstić information content (AvgIpc) is 3.42. The summed E-state index contributed by atoms with van der Waals surface area (Å²) in [4.78, 5) is 44.9. The third-order valence-corrected chi connectivity index (χ3v) is 8.03. The molecule has 1 fully saturated rings. The Bertz CT molecular complexity index is 1470. The lowest BCUT2D eigenvalue weighted by atomic mass is 10.00. The maximum Gasteiger partial charge on any atom is 0.256 e. The molecule has 3 aromatic rings. The van der Waals surface area contributed by atoms with Gasteiger partial charge in [-0.25, -0.2) is 0 Å². The molecular weight excluding hydrogens is 502 g/mol. The van der Waals surface area contributed by atoms with Crippen LogP contribution < -0.4 is 16.0 Å². The van der Waals surface area contributed by atoms with Gasteiger partial charge in [0.05, 0.1) is 17.2 Å². The molecule has 1 atom stereocenters. The van der Waals surface area contributed by atoms with Crippen molar-refractivity contribution < 1.29 is 14.4 Å². The maximum absolute atomic E-state index is 13.2. The summed E-state index contributed by atoms with van der Waals surface area (Å²) in [6.45, 7) is 7.74. The second-order valence-corrected chi connectivity index (χ2v) is 10.8. The molecule has 0 bridgehead atoms. The van der Waals surface area contributed by atoms with Gasteiger partial charge in [-0.15, -0.1) is 0 Å². The van der Waals surface area contributed by atoms with E-state index in [1.54, 1.807) is 24.3 Å². The molecule has 1 aromatic heterocycles. The smallest absolute Gasteiger partial charge is 0.256 e. The summed E-state index contributed by atoms with van der Waals surface area (Å²) in [6, 6.07) is 15.2. The van der Waals surface area contributed by atoms with Crippen molar-refractivity contribution in [2.45, 2.75) is 52.1 Å². The molecule has 0 spiro atoms. The molecular formula is C32H37N5O3. The van der Waals surface area contributed by atoms with Crippen LogP contribution in [0.5, 0.6) is 0 Å². The van der Waals surface area contributed by atoms with Gasteiger partial charge < -0.3 is 25.8 Å². The van der Waals surface area contributed by atoms with Crippen LogP contribution in [0.3, 0.4) is 0 Å². The molecule has 0 radical (unpaired) electrons. The zero-order chi connectivity index (χ0) is 28.4. The number of rotatable bonds is 7. The average molecular weight is 540 g/mol. The molecule has 0 unspecified atom stereocenters. The van der Waals surface area contributed by atoms with Crippen molar-refractivity contribution in [2.24, 2.45) is 0 Å². The van der Waals surface area contributed by atoms with E-state index in [9.17, 15) is 14.4 Å². The Kier molecular flexibility index (Phi) is 7.89. The molecule has 0 saturated carbocycles. The molecule has 2 aliphatic rings. The van der Waals surface area contributed by atoms with E-state index in [4.69, 9.17) is 0 Å². The summed E-state index contributed by atoms with van der Waals surface area (Å²) >= 11 is 0. The van der Waals surface area contributed by atoms with Crippen LogP contribution in [0, 0.1) is 13.8 Å². The first-order chi connectivity index (χ1) is 19.2. The largest absolute Gasteiger partial charge is 0.358 e. The van der Waals surface area contributed by atoms with Crippen LogP contribution in [0.1, 0.15) is 81.0 Å². The van der Waals surface area contributed by atoms with Gasteiger partial charge in [-0.1, -0.05) is 37.3 Å². The first-order valence-corrected chi connectivity index (χ1v) is 14.0. The number of aromatic amines is 1. The molecule has 208 valence electrons. The van der Waals surface area contributed by atoms with Gasteiger partial charge in [-0.05, 0) is 88.6 Å². The highest BCUT2D eigenvalue weighted by molar-refractivity contribution is 6.35. The zero-order valence-corrected chi connectivity index (χ0v) is 23.6. The third kappa shape index (κ3) is 5.58. The molecule has 0 aliphatic carbocycles. The van der Waals surface area contributed by atoms with E-state index in [1.165, 1.54) is 0 Å². The van der Waals surface area contributed by atoms with Crippen molar-refractivity contribution in [1.82, 2.24) is 20.5 Å². The monoisotopic (exact) mass is 539 g/mol. The Morgan fingerprint density at radius 1 is 1.07 bits per heavy atom. The number of amides is 3. The van der Waals surface area contributed by atoms with Crippen molar-refractivity contribution in [3.63, 3.8) is 0 Å². The Balaban J connectivity index is 1.38. The van der Waals surface area contributed by atoms with Gasteiger partial charge in [0.1, 0.15) is 0 Å². The normalized spacial score (nSPS) is 17.4. The second-order valence-electron chi connectivity index (χ2n) is 10.8. The number of H-pyrrole nitrogens is 1. The third-order valence-electron chi connectivity index (χ3n) is 8.03. The van der Waals surface area contributed by atoms with E-state index in [1.807, 2.05) is 51.1 Å². The number of nitrogens with zero attached hydrogens (tertiary/aromatic N) is 1. The number of aryl methyl sites for hydroxylation is 1. The number of carbonyl (C=O) groups excluding carboxylic acids is 3. The fourth-order valence-electron chi connectivity index (χ4n) is 5.63. The molecule has 1 saturated heterocycles. The number of nitrogens with one attached hydrogen (secondary N) is 4. The van der Waals surface area contributed by atoms with Gasteiger partial charge >= 0.3 is 0 Å². The number of benzene rings is 2. The minimum absolute atomic E-state index is 0.0930. The number of fused-ring (bicyclic) bond motifs is 1. The Hall–Kier alpha value is -4.17. The second kappa shape index (κ2) is 11.5. The molecule has 2 aliphatic heterocycles. The highest BCUT2D eigenvalue weighted by Gasteiger charge is 2.28. The van der Waals surface area contributed by atoms with E-state index >= 15 is 0 Å². The zero-order valence-electron chi connectivity index (χ0n) is 23.6. The summed E-state index contributed by atoms with van der Waals surface area (Å²) in [6.07, 6.45) is 4.39. The van der Waals surface area contributed by atoms with Crippen LogP contribution in [0.2, 0.25) is 0 Å². The molecule has 4 N–H and O–H groups in total. The van der Waals surface area contributed by atoms with Crippen LogP contribution in [-0.2, 0) is 4.79 Å². The first-order valence-electron chi connectivity index (χ1n) is 14.0. The van der Waals surface area contributed by atoms with Gasteiger partial charge in [-0.2, -0.15) is 0 Å². The van der Waals surface area contributed by atoms with Gasteiger partial charge in [0.25, 0.3) is 17.7 Å². The number of carbonyl (C=O) groups is 3. The van der Waals surface area contributed by atoms with Crippen LogP contribution in [-0.4, -0.2) is 53.8 Å². The summed E-state index contributed by atoms with van der Waals surface area (Å²) in [5.74, 6) is -0.534. The number of anilines is 1. The SMILES string of the molecule is CC[C@@H](NC(=O)c1ccc2c(c1)/C(=C/c1[nH]c(C)c(C(=O)NC3CCN(C)CC3)c1C)C(=O)N2)c1ccccc1. The Morgan fingerprint density at radius 3 is 2.50 bits per heavy atom. The quantitative estimate of drug-likeness (QED) is 0.323. The lowest BCUT2D eigenvalue weighted by Gasteiger charge is -2.29. The Morgan fingerprint density at radius 2 is 1.80 bits per heavy atom. The lowest BCUT2D eigenvalue weighted by Crippen LogP contribution is -2.43. The van der Waals surface area contributed by atoms with Crippen LogP contribution >= 0.6 is 0 Å². The number of hydrogen-bond acceptors (Lipinski definition) is 4. The topological polar surface area (TPSA) is 106 Å². The van der Waals surface area contributed by atoms with Gasteiger partial charge in [0.2, 0.25) is 0 Å². The van der Waals surface area contributed by atoms with Crippen molar-refractivity contribution in [3.8, 4) is 0 Å². The fourth-order valence-corrected chi connectivity index (χ4v) is 5.63. The molecule has 3 amide bonds. The molecule has 3 heterocycles. The van der Waals surface area contributed by atoms with E-state index in [0.29, 0.717) is 33.6 Å². The summed E-state index contributed by atoms with van der Waals surface area (Å²) < 4.78 is 0. The molecule has 8 heteroatoms. The predicted octanol–water partition coefficient (Wildman–Crippen LogP) is 4.83. The van der Waals surface area contributed by atoms with E-state index in [0.717, 1.165) is 49.2 Å². The molecule has 2 aromatic carbocycles. The van der Waals surface area contributed by atoms with Gasteiger partial charge in [0.15, 0.2) is 0 Å². The van der Waals surface area contributed by atoms with Crippen LogP contribution in [0.25, 0.3) is 11.6 Å². The van der Waals surface area contributed by atoms with E-state index in [-0.39, 0.29) is 29.8 Å². The highest BCUT2D eigenvalue weighted by atomic mass is 16.2. The maximum atomic E-state index is 13.2. The minimum Gasteiger partial charge on any atom is -0.358 e. The number of piperidine rings is 1. The number of hydrogen-bond donors (Lipinski definition) is 4. The summed E-state index contributed by atoms with van der Waals surface area (Å²) in [5.41, 5.74) is 6.16. The minimum atomic E-state index is -0.243. The lowest BCUT2D eigenvalue weighted by molar-refractivity contribution is -0.110. The summed E-state index contributed by atoms with van der Waals surface area (Å²) in [7, 11) is 2.09. The predicted molar refractivity (Wildman–Crippen MR) is 158 cm³/mol. The van der Waals surface area contributed by atoms with E-state index < -0.39 is 0 Å². The molecule has 40 heavy (non-hydrogen) atoms. The first kappa shape index (κ1) is 27.4. The molecule has 5 rings (SSSR count). The molecule has 8 nitrogen and oxygen atoms in total. The fraction of sp³-hybridized carbons (Fsp3) is 0.344. The summed E-state index contributed by atoms with van der Waals surface area (Å²) in [5, 5.41) is 9.21. The standard InChI is InChI=1S/C32H37N5O3/c1-5-26(21-9-7-6-8-10-21)35-30(38)22-11-12-27-24(17-22)25(31(39)36-27)18-28-19(2)29(20(3)33-28)32(40)34-23-13-15-37(4)16-14-23/h6-12,17-18,23,26,33H,5,13-16H2,1-4H3,(H,34,40)(H,35,38)(H,36,39)/b25-18-/t26-/m1/s1. The van der Waals surface area contributed by atoms with Crippen LogP contribution in [0.15, 0.2) is 48.5 Å². The van der Waals surface area contributed by atoms with Crippen molar-refractivity contribution in [2.75, 3.05) is 25.5 Å². The van der Waals surface area contributed by atoms with Crippen LogP contribution in [0.4, 0.5) is 5.69 Å². The number of aromatic nitrogens is 1. The van der Waals surface area contributed by atoms with Crippen molar-refractivity contribution in [3.05, 3.63) is 87.7 Å². The van der Waals surface area contributed by atoms with Crippen molar-refractivity contribution >= 4 is 35.1 Å². The van der Waals surface area contributed by atoms with Crippen molar-refractivity contribution in [1.29, 1.82) is 0 Å². The Labute approximate surface area is 235 Å².